The van der Waals surface area contributed by atoms with Crippen LogP contribution in [0.25, 0.3) is 5.69 Å². The number of rotatable bonds is 5. The Kier molecular flexibility index (Phi) is 6.21. The topological polar surface area (TPSA) is 50.2 Å². The zero-order valence-corrected chi connectivity index (χ0v) is 12.4. The molecule has 5 nitrogen and oxygen atoms in total. The summed E-state index contributed by atoms with van der Waals surface area (Å²) in [6.07, 6.45) is 3.36. The standard InChI is InChI=1S/C14H18N4O.ClH/c1-15-8-9-17(2)14(19)12-10-16-18(11-12)13-6-4-3-5-7-13;/h3-7,10-11,15H,8-9H2,1-2H3;1H. The van der Waals surface area contributed by atoms with Gasteiger partial charge in [-0.05, 0) is 19.2 Å². The predicted molar refractivity (Wildman–Crippen MR) is 81.7 cm³/mol. The Balaban J connectivity index is 0.00000200. The van der Waals surface area contributed by atoms with E-state index in [1.807, 2.05) is 37.4 Å². The van der Waals surface area contributed by atoms with Gasteiger partial charge in [-0.3, -0.25) is 4.79 Å². The van der Waals surface area contributed by atoms with E-state index < -0.39 is 0 Å². The molecule has 20 heavy (non-hydrogen) atoms. The second-order valence-electron chi connectivity index (χ2n) is 4.34. The molecule has 2 aromatic rings. The molecule has 0 aliphatic rings. The highest BCUT2D eigenvalue weighted by molar-refractivity contribution is 5.93. The van der Waals surface area contributed by atoms with E-state index in [2.05, 4.69) is 10.4 Å². The largest absolute Gasteiger partial charge is 0.340 e. The van der Waals surface area contributed by atoms with E-state index in [9.17, 15) is 4.79 Å². The molecule has 0 aliphatic carbocycles. The number of halogens is 1. The maximum absolute atomic E-state index is 12.1. The molecule has 0 spiro atoms. The normalized spacial score (nSPS) is 9.90. The highest BCUT2D eigenvalue weighted by Gasteiger charge is 2.13. The molecule has 0 unspecified atom stereocenters. The quantitative estimate of drug-likeness (QED) is 0.911. The van der Waals surface area contributed by atoms with Crippen molar-refractivity contribution >= 4 is 18.3 Å². The lowest BCUT2D eigenvalue weighted by atomic mass is 10.3. The fourth-order valence-electron chi connectivity index (χ4n) is 1.76. The monoisotopic (exact) mass is 294 g/mol. The summed E-state index contributed by atoms with van der Waals surface area (Å²) in [4.78, 5) is 13.8. The molecule has 1 amide bonds. The minimum Gasteiger partial charge on any atom is -0.340 e. The van der Waals surface area contributed by atoms with Crippen molar-refractivity contribution in [3.05, 3.63) is 48.3 Å². The Morgan fingerprint density at radius 2 is 2.05 bits per heavy atom. The lowest BCUT2D eigenvalue weighted by Crippen LogP contribution is -2.32. The molecule has 1 heterocycles. The molecule has 0 aliphatic heterocycles. The fourth-order valence-corrected chi connectivity index (χ4v) is 1.76. The Morgan fingerprint density at radius 3 is 2.70 bits per heavy atom. The average molecular weight is 295 g/mol. The summed E-state index contributed by atoms with van der Waals surface area (Å²) in [6.45, 7) is 1.45. The maximum atomic E-state index is 12.1. The number of amides is 1. The Hall–Kier alpha value is -1.85. The summed E-state index contributed by atoms with van der Waals surface area (Å²) in [5.41, 5.74) is 1.54. The van der Waals surface area contributed by atoms with Gasteiger partial charge < -0.3 is 10.2 Å². The van der Waals surface area contributed by atoms with Crippen molar-refractivity contribution in [3.8, 4) is 5.69 Å². The molecule has 1 N–H and O–H groups in total. The van der Waals surface area contributed by atoms with Gasteiger partial charge in [-0.25, -0.2) is 4.68 Å². The summed E-state index contributed by atoms with van der Waals surface area (Å²) >= 11 is 0. The third kappa shape index (κ3) is 3.82. The minimum absolute atomic E-state index is 0. The van der Waals surface area contributed by atoms with E-state index >= 15 is 0 Å². The van der Waals surface area contributed by atoms with Crippen LogP contribution in [0.15, 0.2) is 42.7 Å². The van der Waals surface area contributed by atoms with Gasteiger partial charge in [0, 0.05) is 26.3 Å². The Morgan fingerprint density at radius 1 is 1.35 bits per heavy atom. The van der Waals surface area contributed by atoms with Crippen LogP contribution in [0.3, 0.4) is 0 Å². The number of carbonyl (C=O) groups is 1. The molecule has 2 rings (SSSR count). The summed E-state index contributed by atoms with van der Waals surface area (Å²) in [5.74, 6) is -0.0163. The molecule has 6 heteroatoms. The van der Waals surface area contributed by atoms with Gasteiger partial charge in [0.25, 0.3) is 5.91 Å². The number of aromatic nitrogens is 2. The highest BCUT2D eigenvalue weighted by atomic mass is 35.5. The first-order valence-corrected chi connectivity index (χ1v) is 6.22. The molecule has 0 bridgehead atoms. The summed E-state index contributed by atoms with van der Waals surface area (Å²) < 4.78 is 1.71. The molecule has 0 atom stereocenters. The molecule has 0 saturated carbocycles. The lowest BCUT2D eigenvalue weighted by molar-refractivity contribution is 0.0797. The predicted octanol–water partition coefficient (Wildman–Crippen LogP) is 1.59. The van der Waals surface area contributed by atoms with Crippen molar-refractivity contribution in [2.75, 3.05) is 27.2 Å². The van der Waals surface area contributed by atoms with Crippen LogP contribution in [0.5, 0.6) is 0 Å². The number of nitrogens with zero attached hydrogens (tertiary/aromatic N) is 3. The van der Waals surface area contributed by atoms with Crippen LogP contribution in [0.2, 0.25) is 0 Å². The van der Waals surface area contributed by atoms with Crippen LogP contribution < -0.4 is 5.32 Å². The van der Waals surface area contributed by atoms with Crippen LogP contribution in [-0.2, 0) is 0 Å². The van der Waals surface area contributed by atoms with Crippen molar-refractivity contribution in [1.82, 2.24) is 20.0 Å². The number of likely N-dealkylation sites (N-methyl/N-ethyl adjacent to an activating group) is 2. The van der Waals surface area contributed by atoms with E-state index in [1.54, 1.807) is 29.0 Å². The summed E-state index contributed by atoms with van der Waals surface area (Å²) in [7, 11) is 3.66. The molecular weight excluding hydrogens is 276 g/mol. The van der Waals surface area contributed by atoms with Gasteiger partial charge in [-0.2, -0.15) is 5.10 Å². The molecule has 1 aromatic heterocycles. The fraction of sp³-hybridized carbons (Fsp3) is 0.286. The summed E-state index contributed by atoms with van der Waals surface area (Å²) in [5, 5.41) is 7.25. The molecular formula is C14H19ClN4O. The number of hydrogen-bond donors (Lipinski definition) is 1. The van der Waals surface area contributed by atoms with Gasteiger partial charge in [0.2, 0.25) is 0 Å². The van der Waals surface area contributed by atoms with Gasteiger partial charge in [-0.15, -0.1) is 12.4 Å². The minimum atomic E-state index is -0.0163. The zero-order chi connectivity index (χ0) is 13.7. The van der Waals surface area contributed by atoms with Gasteiger partial charge in [0.05, 0.1) is 17.4 Å². The third-order valence-electron chi connectivity index (χ3n) is 2.89. The van der Waals surface area contributed by atoms with E-state index in [0.717, 1.165) is 12.2 Å². The SMILES string of the molecule is CNCCN(C)C(=O)c1cnn(-c2ccccc2)c1.Cl. The van der Waals surface area contributed by atoms with Crippen molar-refractivity contribution in [2.45, 2.75) is 0 Å². The summed E-state index contributed by atoms with van der Waals surface area (Å²) in [6, 6.07) is 9.73. The zero-order valence-electron chi connectivity index (χ0n) is 11.6. The second-order valence-corrected chi connectivity index (χ2v) is 4.34. The first-order valence-electron chi connectivity index (χ1n) is 6.22. The number of carbonyl (C=O) groups excluding carboxylic acids is 1. The van der Waals surface area contributed by atoms with Gasteiger partial charge >= 0.3 is 0 Å². The molecule has 0 fully saturated rings. The van der Waals surface area contributed by atoms with E-state index in [0.29, 0.717) is 12.1 Å². The maximum Gasteiger partial charge on any atom is 0.256 e. The third-order valence-corrected chi connectivity index (χ3v) is 2.89. The van der Waals surface area contributed by atoms with Gasteiger partial charge in [-0.1, -0.05) is 18.2 Å². The number of nitrogens with one attached hydrogen (secondary N) is 1. The highest BCUT2D eigenvalue weighted by Crippen LogP contribution is 2.09. The van der Waals surface area contributed by atoms with Crippen LogP contribution in [-0.4, -0.2) is 47.8 Å². The average Bonchev–Trinajstić information content (AvgIpc) is 2.94. The van der Waals surface area contributed by atoms with Gasteiger partial charge in [0.1, 0.15) is 0 Å². The van der Waals surface area contributed by atoms with Crippen LogP contribution in [0.1, 0.15) is 10.4 Å². The second kappa shape index (κ2) is 7.67. The first-order chi connectivity index (χ1) is 9.22. The van der Waals surface area contributed by atoms with E-state index in [4.69, 9.17) is 0 Å². The Bertz CT molecular complexity index is 541. The van der Waals surface area contributed by atoms with Gasteiger partial charge in [0.15, 0.2) is 0 Å². The van der Waals surface area contributed by atoms with Crippen molar-refractivity contribution in [1.29, 1.82) is 0 Å². The number of benzene rings is 1. The van der Waals surface area contributed by atoms with Crippen molar-refractivity contribution in [3.63, 3.8) is 0 Å². The van der Waals surface area contributed by atoms with Crippen LogP contribution in [0.4, 0.5) is 0 Å². The molecule has 1 aromatic carbocycles. The molecule has 0 saturated heterocycles. The lowest BCUT2D eigenvalue weighted by Gasteiger charge is -2.15. The van der Waals surface area contributed by atoms with Crippen LogP contribution in [0, 0.1) is 0 Å². The van der Waals surface area contributed by atoms with Crippen LogP contribution >= 0.6 is 12.4 Å². The van der Waals surface area contributed by atoms with E-state index in [1.165, 1.54) is 0 Å². The van der Waals surface area contributed by atoms with E-state index in [-0.39, 0.29) is 18.3 Å². The smallest absolute Gasteiger partial charge is 0.256 e. The number of para-hydroxylation sites is 1. The molecule has 0 radical (unpaired) electrons. The Labute approximate surface area is 125 Å². The molecule has 108 valence electrons. The number of hydrogen-bond acceptors (Lipinski definition) is 3. The first kappa shape index (κ1) is 16.2. The van der Waals surface area contributed by atoms with Crippen molar-refractivity contribution in [2.24, 2.45) is 0 Å². The van der Waals surface area contributed by atoms with Crippen molar-refractivity contribution < 1.29 is 4.79 Å².